The van der Waals surface area contributed by atoms with E-state index in [9.17, 15) is 9.59 Å². The zero-order chi connectivity index (χ0) is 14.3. The Kier molecular flexibility index (Phi) is 19.3. The topological polar surface area (TPSA) is 43.4 Å². The Morgan fingerprint density at radius 1 is 0.850 bits per heavy atom. The molecule has 0 heterocycles. The minimum atomic E-state index is -0.291. The van der Waals surface area contributed by atoms with Crippen molar-refractivity contribution < 1.29 is 45.3 Å². The van der Waals surface area contributed by atoms with Crippen molar-refractivity contribution in [2.75, 3.05) is 6.61 Å². The van der Waals surface area contributed by atoms with Crippen LogP contribution in [0, 0.1) is 0 Å². The largest absolute Gasteiger partial charge is 1.00 e. The van der Waals surface area contributed by atoms with Gasteiger partial charge in [-0.05, 0) is 6.42 Å². The molecule has 0 atom stereocenters. The molecule has 114 valence electrons. The predicted molar refractivity (Wildman–Crippen MR) is 79.2 cm³/mol. The maximum atomic E-state index is 11.4. The third-order valence-electron chi connectivity index (χ3n) is 3.24. The van der Waals surface area contributed by atoms with Crippen LogP contribution in [0.2, 0.25) is 0 Å². The van der Waals surface area contributed by atoms with Crippen molar-refractivity contribution in [1.82, 2.24) is 0 Å². The average molecular weight is 294 g/mol. The summed E-state index contributed by atoms with van der Waals surface area (Å²) in [6, 6.07) is 0. The van der Waals surface area contributed by atoms with Crippen molar-refractivity contribution in [3.63, 3.8) is 0 Å². The number of hydrogen-bond acceptors (Lipinski definition) is 3. The zero-order valence-electron chi connectivity index (χ0n) is 14.7. The molecule has 0 N–H and O–H groups in total. The minimum Gasteiger partial charge on any atom is -1.00 e. The van der Waals surface area contributed by atoms with Crippen LogP contribution in [0.5, 0.6) is 0 Å². The molecule has 0 aliphatic heterocycles. The van der Waals surface area contributed by atoms with Gasteiger partial charge in [-0.15, -0.1) is 0 Å². The number of ketones is 1. The van der Waals surface area contributed by atoms with Gasteiger partial charge in [0.2, 0.25) is 0 Å². The first-order chi connectivity index (χ1) is 9.20. The number of ether oxygens (including phenoxy) is 1. The Labute approximate surface area is 148 Å². The molecule has 0 aromatic heterocycles. The maximum absolute atomic E-state index is 11.4. The van der Waals surface area contributed by atoms with E-state index in [4.69, 9.17) is 4.74 Å². The molecule has 0 amide bonds. The summed E-state index contributed by atoms with van der Waals surface area (Å²) in [6.45, 7) is 3.92. The monoisotopic (exact) mass is 294 g/mol. The molecule has 0 aliphatic carbocycles. The van der Waals surface area contributed by atoms with Gasteiger partial charge in [0, 0.05) is 12.8 Å². The molecule has 0 aromatic carbocycles. The van der Waals surface area contributed by atoms with Gasteiger partial charge in [-0.2, -0.15) is 0 Å². The fourth-order valence-electron chi connectivity index (χ4n) is 1.97. The summed E-state index contributed by atoms with van der Waals surface area (Å²) >= 11 is 0. The van der Waals surface area contributed by atoms with Gasteiger partial charge < -0.3 is 6.16 Å². The van der Waals surface area contributed by atoms with Gasteiger partial charge in [-0.25, -0.2) is 0 Å². The number of unbranched alkanes of at least 4 members (excludes halogenated alkanes) is 8. The van der Waals surface area contributed by atoms with E-state index >= 15 is 0 Å². The minimum absolute atomic E-state index is 0. The van der Waals surface area contributed by atoms with Gasteiger partial charge in [0.15, 0.2) is 5.78 Å². The van der Waals surface area contributed by atoms with E-state index in [0.29, 0.717) is 12.8 Å². The van der Waals surface area contributed by atoms with Crippen molar-refractivity contribution in [1.29, 1.82) is 0 Å². The normalized spacial score (nSPS) is 9.90. The number of rotatable bonds is 13. The van der Waals surface area contributed by atoms with Crippen LogP contribution < -0.4 is 29.6 Å². The van der Waals surface area contributed by atoms with Crippen LogP contribution in [0.3, 0.4) is 0 Å². The molecule has 0 unspecified atom stereocenters. The van der Waals surface area contributed by atoms with E-state index in [1.54, 1.807) is 6.92 Å². The molecule has 0 radical (unpaired) electrons. The zero-order valence-corrected chi connectivity index (χ0v) is 15.7. The standard InChI is InChI=1S/C16H30O3.Na.H/c1-3-5-6-7-8-9-10-11-12-13-15(17)14-19-16(18)4-2;;/h3-14H2,1-2H3;;/q;+1;-1. The summed E-state index contributed by atoms with van der Waals surface area (Å²) < 4.78 is 4.80. The molecular formula is C16H31NaO3. The number of carbonyl (C=O) groups is 2. The molecule has 0 aromatic rings. The Balaban J connectivity index is -0.00000162. The van der Waals surface area contributed by atoms with E-state index in [0.717, 1.165) is 12.8 Å². The summed E-state index contributed by atoms with van der Waals surface area (Å²) in [6.07, 6.45) is 12.1. The number of carbonyl (C=O) groups excluding carboxylic acids is 2. The Morgan fingerprint density at radius 3 is 1.85 bits per heavy atom. The quantitative estimate of drug-likeness (QED) is 0.294. The molecule has 0 spiro atoms. The van der Waals surface area contributed by atoms with Gasteiger partial charge in [0.1, 0.15) is 6.61 Å². The van der Waals surface area contributed by atoms with Crippen LogP contribution in [-0.2, 0) is 14.3 Å². The second-order valence-corrected chi connectivity index (χ2v) is 5.13. The first kappa shape index (κ1) is 22.4. The van der Waals surface area contributed by atoms with Gasteiger partial charge in [-0.3, -0.25) is 9.59 Å². The van der Waals surface area contributed by atoms with Crippen molar-refractivity contribution in [2.45, 2.75) is 84.5 Å². The number of Topliss-reactive ketones (excluding diaryl/α,β-unsaturated/α-hetero) is 1. The second kappa shape index (κ2) is 17.2. The molecule has 3 nitrogen and oxygen atoms in total. The van der Waals surface area contributed by atoms with E-state index < -0.39 is 0 Å². The van der Waals surface area contributed by atoms with Gasteiger partial charge in [-0.1, -0.05) is 65.2 Å². The summed E-state index contributed by atoms with van der Waals surface area (Å²) in [7, 11) is 0. The third kappa shape index (κ3) is 16.2. The average Bonchev–Trinajstić information content (AvgIpc) is 2.42. The first-order valence-electron chi connectivity index (χ1n) is 7.88. The Hall–Kier alpha value is 0.140. The summed E-state index contributed by atoms with van der Waals surface area (Å²) in [5.41, 5.74) is 0. The predicted octanol–water partition coefficient (Wildman–Crippen LogP) is 1.55. The van der Waals surface area contributed by atoms with Crippen LogP contribution in [0.4, 0.5) is 0 Å². The van der Waals surface area contributed by atoms with Gasteiger partial charge in [0.25, 0.3) is 0 Å². The van der Waals surface area contributed by atoms with E-state index in [-0.39, 0.29) is 49.3 Å². The number of hydrogen-bond donors (Lipinski definition) is 0. The van der Waals surface area contributed by atoms with E-state index in [1.807, 2.05) is 0 Å². The second-order valence-electron chi connectivity index (χ2n) is 5.13. The van der Waals surface area contributed by atoms with Crippen LogP contribution in [0.25, 0.3) is 0 Å². The molecule has 0 rings (SSSR count). The smallest absolute Gasteiger partial charge is 1.00 e. The van der Waals surface area contributed by atoms with Crippen molar-refractivity contribution in [3.05, 3.63) is 0 Å². The molecule has 4 heteroatoms. The molecule has 0 saturated heterocycles. The fourth-order valence-corrected chi connectivity index (χ4v) is 1.97. The van der Waals surface area contributed by atoms with E-state index in [2.05, 4.69) is 6.92 Å². The van der Waals surface area contributed by atoms with Crippen molar-refractivity contribution >= 4 is 11.8 Å². The molecule has 0 saturated carbocycles. The van der Waals surface area contributed by atoms with Crippen LogP contribution in [0.15, 0.2) is 0 Å². The van der Waals surface area contributed by atoms with Gasteiger partial charge in [0.05, 0.1) is 0 Å². The van der Waals surface area contributed by atoms with E-state index in [1.165, 1.54) is 44.9 Å². The summed E-state index contributed by atoms with van der Waals surface area (Å²) in [4.78, 5) is 22.3. The van der Waals surface area contributed by atoms with Crippen molar-refractivity contribution in [2.24, 2.45) is 0 Å². The van der Waals surface area contributed by atoms with Crippen LogP contribution >= 0.6 is 0 Å². The number of esters is 1. The Bertz CT molecular complexity index is 248. The van der Waals surface area contributed by atoms with Crippen LogP contribution in [0.1, 0.15) is 85.9 Å². The third-order valence-corrected chi connectivity index (χ3v) is 3.24. The molecule has 0 fully saturated rings. The molecule has 0 bridgehead atoms. The molecule has 0 aliphatic rings. The fraction of sp³-hybridized carbons (Fsp3) is 0.875. The SMILES string of the molecule is CCCCCCCCCCCC(=O)COC(=O)CC.[H-].[Na+]. The van der Waals surface area contributed by atoms with Gasteiger partial charge >= 0.3 is 35.5 Å². The van der Waals surface area contributed by atoms with Crippen molar-refractivity contribution in [3.8, 4) is 0 Å². The summed E-state index contributed by atoms with van der Waals surface area (Å²) in [5.74, 6) is -0.245. The maximum Gasteiger partial charge on any atom is 1.00 e. The molecule has 20 heavy (non-hydrogen) atoms. The first-order valence-corrected chi connectivity index (χ1v) is 7.88. The molecular weight excluding hydrogens is 263 g/mol. The van der Waals surface area contributed by atoms with Crippen LogP contribution in [-0.4, -0.2) is 18.4 Å². The summed E-state index contributed by atoms with van der Waals surface area (Å²) in [5, 5.41) is 0. The Morgan fingerprint density at radius 2 is 1.35 bits per heavy atom.